The van der Waals surface area contributed by atoms with Crippen LogP contribution in [0.15, 0.2) is 51.9 Å². The molecular weight excluding hydrogens is 394 g/mol. The highest BCUT2D eigenvalue weighted by Crippen LogP contribution is 2.26. The Morgan fingerprint density at radius 3 is 2.74 bits per heavy atom. The van der Waals surface area contributed by atoms with Crippen LogP contribution >= 0.6 is 0 Å². The van der Waals surface area contributed by atoms with Gasteiger partial charge in [-0.25, -0.2) is 0 Å². The summed E-state index contributed by atoms with van der Waals surface area (Å²) in [7, 11) is 0. The molecule has 0 radical (unpaired) electrons. The van der Waals surface area contributed by atoms with Crippen molar-refractivity contribution in [3.05, 3.63) is 70.0 Å². The van der Waals surface area contributed by atoms with Gasteiger partial charge in [-0.2, -0.15) is 0 Å². The van der Waals surface area contributed by atoms with Gasteiger partial charge in [-0.3, -0.25) is 9.59 Å². The minimum absolute atomic E-state index is 0.0323. The van der Waals surface area contributed by atoms with Gasteiger partial charge in [0.2, 0.25) is 5.91 Å². The van der Waals surface area contributed by atoms with E-state index in [4.69, 9.17) is 9.26 Å². The first kappa shape index (κ1) is 22.3. The van der Waals surface area contributed by atoms with Gasteiger partial charge in [0.1, 0.15) is 11.5 Å². The molecule has 0 aliphatic rings. The van der Waals surface area contributed by atoms with Crippen molar-refractivity contribution in [2.24, 2.45) is 0 Å². The Kier molecular flexibility index (Phi) is 7.28. The molecule has 3 rings (SSSR count). The average Bonchev–Trinajstić information content (AvgIpc) is 3.05. The van der Waals surface area contributed by atoms with Crippen molar-refractivity contribution in [3.63, 3.8) is 0 Å². The maximum absolute atomic E-state index is 12.4. The van der Waals surface area contributed by atoms with Gasteiger partial charge < -0.3 is 19.1 Å². The Morgan fingerprint density at radius 1 is 1.23 bits per heavy atom. The summed E-state index contributed by atoms with van der Waals surface area (Å²) in [5, 5.41) is 6.86. The lowest BCUT2D eigenvalue weighted by molar-refractivity contribution is -0.121. The number of hydrogen-bond donors (Lipinski definition) is 1. The highest BCUT2D eigenvalue weighted by Gasteiger charge is 2.13. The number of hydrogen-bond acceptors (Lipinski definition) is 5. The van der Waals surface area contributed by atoms with Crippen LogP contribution in [0.4, 0.5) is 0 Å². The number of aryl methyl sites for hydroxylation is 2. The second-order valence-electron chi connectivity index (χ2n) is 7.90. The molecule has 0 aliphatic carbocycles. The summed E-state index contributed by atoms with van der Waals surface area (Å²) in [6, 6.07) is 11.1. The van der Waals surface area contributed by atoms with E-state index >= 15 is 0 Å². The molecule has 0 spiro atoms. The van der Waals surface area contributed by atoms with Gasteiger partial charge >= 0.3 is 0 Å². The SMILES string of the molecule is Cc1noc(C)c1-c1ccc(=O)n(Cc2cccc(OCCCC(=O)NC(C)C)c2)c1. The van der Waals surface area contributed by atoms with Crippen molar-refractivity contribution >= 4 is 5.91 Å². The van der Waals surface area contributed by atoms with Gasteiger partial charge in [-0.1, -0.05) is 17.3 Å². The quantitative estimate of drug-likeness (QED) is 0.528. The molecule has 7 nitrogen and oxygen atoms in total. The molecular formula is C24H29N3O4. The summed E-state index contributed by atoms with van der Waals surface area (Å²) in [6.45, 7) is 8.50. The fourth-order valence-electron chi connectivity index (χ4n) is 3.45. The molecule has 0 saturated carbocycles. The molecule has 0 atom stereocenters. The third-order valence-electron chi connectivity index (χ3n) is 4.82. The Balaban J connectivity index is 1.65. The van der Waals surface area contributed by atoms with Crippen LogP contribution in [0.3, 0.4) is 0 Å². The van der Waals surface area contributed by atoms with E-state index in [0.29, 0.717) is 26.0 Å². The summed E-state index contributed by atoms with van der Waals surface area (Å²) in [5.41, 5.74) is 3.46. The number of amides is 1. The Labute approximate surface area is 182 Å². The number of carbonyl (C=O) groups is 1. The van der Waals surface area contributed by atoms with E-state index in [1.807, 2.05) is 58.2 Å². The van der Waals surface area contributed by atoms with E-state index in [0.717, 1.165) is 33.9 Å². The van der Waals surface area contributed by atoms with Gasteiger partial charge in [0.15, 0.2) is 0 Å². The second kappa shape index (κ2) is 10.1. The van der Waals surface area contributed by atoms with E-state index < -0.39 is 0 Å². The van der Waals surface area contributed by atoms with E-state index in [-0.39, 0.29) is 17.5 Å². The number of benzene rings is 1. The molecule has 2 heterocycles. The largest absolute Gasteiger partial charge is 0.494 e. The van der Waals surface area contributed by atoms with Crippen molar-refractivity contribution in [3.8, 4) is 16.9 Å². The number of aromatic nitrogens is 2. The first-order valence-corrected chi connectivity index (χ1v) is 10.5. The monoisotopic (exact) mass is 423 g/mol. The lowest BCUT2D eigenvalue weighted by atomic mass is 10.1. The molecule has 0 saturated heterocycles. The molecule has 2 aromatic heterocycles. The predicted molar refractivity (Wildman–Crippen MR) is 119 cm³/mol. The first-order valence-electron chi connectivity index (χ1n) is 10.5. The third kappa shape index (κ3) is 6.07. The zero-order chi connectivity index (χ0) is 22.4. The lowest BCUT2D eigenvalue weighted by Gasteiger charge is -2.11. The third-order valence-corrected chi connectivity index (χ3v) is 4.82. The van der Waals surface area contributed by atoms with E-state index in [1.165, 1.54) is 0 Å². The van der Waals surface area contributed by atoms with Crippen LogP contribution in [0.2, 0.25) is 0 Å². The van der Waals surface area contributed by atoms with Crippen molar-refractivity contribution in [1.82, 2.24) is 15.0 Å². The Bertz CT molecular complexity index is 1080. The van der Waals surface area contributed by atoms with Crippen LogP contribution < -0.4 is 15.6 Å². The van der Waals surface area contributed by atoms with Gasteiger partial charge in [-0.15, -0.1) is 0 Å². The highest BCUT2D eigenvalue weighted by atomic mass is 16.5. The molecule has 0 aliphatic heterocycles. The molecule has 164 valence electrons. The van der Waals surface area contributed by atoms with Gasteiger partial charge in [-0.05, 0) is 57.9 Å². The minimum Gasteiger partial charge on any atom is -0.494 e. The van der Waals surface area contributed by atoms with Crippen molar-refractivity contribution in [1.29, 1.82) is 0 Å². The van der Waals surface area contributed by atoms with Crippen LogP contribution in [-0.4, -0.2) is 28.3 Å². The predicted octanol–water partition coefficient (Wildman–Crippen LogP) is 3.85. The van der Waals surface area contributed by atoms with Crippen LogP contribution in [-0.2, 0) is 11.3 Å². The maximum atomic E-state index is 12.4. The second-order valence-corrected chi connectivity index (χ2v) is 7.90. The molecule has 0 bridgehead atoms. The standard InChI is InChI=1S/C24H29N3O4/c1-16(2)25-22(28)9-6-12-30-21-8-5-7-19(13-21)14-27-15-20(10-11-23(27)29)24-17(3)26-31-18(24)4/h5,7-8,10-11,13,15-16H,6,9,12,14H2,1-4H3,(H,25,28). The molecule has 7 heteroatoms. The van der Waals surface area contributed by atoms with E-state index in [1.54, 1.807) is 16.7 Å². The smallest absolute Gasteiger partial charge is 0.250 e. The fraction of sp³-hybridized carbons (Fsp3) is 0.375. The fourth-order valence-corrected chi connectivity index (χ4v) is 3.45. The number of nitrogens with zero attached hydrogens (tertiary/aromatic N) is 2. The Morgan fingerprint density at radius 2 is 2.03 bits per heavy atom. The van der Waals surface area contributed by atoms with Crippen molar-refractivity contribution < 1.29 is 14.1 Å². The van der Waals surface area contributed by atoms with Crippen LogP contribution in [0.5, 0.6) is 5.75 Å². The number of nitrogens with one attached hydrogen (secondary N) is 1. The summed E-state index contributed by atoms with van der Waals surface area (Å²) < 4.78 is 12.7. The zero-order valence-electron chi connectivity index (χ0n) is 18.5. The van der Waals surface area contributed by atoms with Gasteiger partial charge in [0, 0.05) is 35.9 Å². The van der Waals surface area contributed by atoms with Gasteiger partial charge in [0.25, 0.3) is 5.56 Å². The summed E-state index contributed by atoms with van der Waals surface area (Å²) in [6.07, 6.45) is 2.90. The number of pyridine rings is 1. The summed E-state index contributed by atoms with van der Waals surface area (Å²) >= 11 is 0. The van der Waals surface area contributed by atoms with Crippen molar-refractivity contribution in [2.75, 3.05) is 6.61 Å². The first-order chi connectivity index (χ1) is 14.8. The van der Waals surface area contributed by atoms with Crippen molar-refractivity contribution in [2.45, 2.75) is 53.1 Å². The normalized spacial score (nSPS) is 11.0. The Hall–Kier alpha value is -3.35. The topological polar surface area (TPSA) is 86.4 Å². The molecule has 0 fully saturated rings. The molecule has 1 aromatic carbocycles. The minimum atomic E-state index is -0.0852. The molecule has 1 N–H and O–H groups in total. The average molecular weight is 424 g/mol. The molecule has 31 heavy (non-hydrogen) atoms. The lowest BCUT2D eigenvalue weighted by Crippen LogP contribution is -2.30. The van der Waals surface area contributed by atoms with Crippen LogP contribution in [0.1, 0.15) is 43.7 Å². The molecule has 3 aromatic rings. The van der Waals surface area contributed by atoms with E-state index in [9.17, 15) is 9.59 Å². The summed E-state index contributed by atoms with van der Waals surface area (Å²) in [4.78, 5) is 24.1. The molecule has 1 amide bonds. The van der Waals surface area contributed by atoms with Gasteiger partial charge in [0.05, 0.1) is 18.8 Å². The molecule has 0 unspecified atom stereocenters. The maximum Gasteiger partial charge on any atom is 0.250 e. The number of carbonyl (C=O) groups excluding carboxylic acids is 1. The number of rotatable bonds is 9. The number of ether oxygens (including phenoxy) is 1. The van der Waals surface area contributed by atoms with Crippen LogP contribution in [0, 0.1) is 13.8 Å². The zero-order valence-corrected chi connectivity index (χ0v) is 18.5. The highest BCUT2D eigenvalue weighted by molar-refractivity contribution is 5.76. The van der Waals surface area contributed by atoms with Crippen LogP contribution in [0.25, 0.3) is 11.1 Å². The summed E-state index contributed by atoms with van der Waals surface area (Å²) in [5.74, 6) is 1.47. The van der Waals surface area contributed by atoms with E-state index in [2.05, 4.69) is 10.5 Å².